The number of nitrogens with zero attached hydrogens (tertiary/aromatic N) is 1. The molecule has 3 N–H and O–H groups in total. The van der Waals surface area contributed by atoms with Crippen LogP contribution in [0.1, 0.15) is 47.7 Å². The number of nitrogens with one attached hydrogen (secondary N) is 1. The summed E-state index contributed by atoms with van der Waals surface area (Å²) in [5.41, 5.74) is 8.69. The minimum atomic E-state index is -0.242. The molecule has 2 aromatic rings. The van der Waals surface area contributed by atoms with Crippen molar-refractivity contribution in [3.63, 3.8) is 0 Å². The van der Waals surface area contributed by atoms with Gasteiger partial charge in [0, 0.05) is 22.7 Å². The third kappa shape index (κ3) is 6.84. The van der Waals surface area contributed by atoms with E-state index in [2.05, 4.69) is 23.2 Å². The molecule has 1 aliphatic rings. The van der Waals surface area contributed by atoms with Crippen LogP contribution >= 0.6 is 0 Å². The normalized spacial score (nSPS) is 15.0. The van der Waals surface area contributed by atoms with Crippen LogP contribution in [0.3, 0.4) is 0 Å². The van der Waals surface area contributed by atoms with Gasteiger partial charge in [0.2, 0.25) is 0 Å². The number of anilines is 1. The van der Waals surface area contributed by atoms with Gasteiger partial charge >= 0.3 is 5.97 Å². The summed E-state index contributed by atoms with van der Waals surface area (Å²) < 4.78 is 11.1. The number of aliphatic imine (C=N–C) groups is 1. The number of amides is 1. The van der Waals surface area contributed by atoms with Crippen molar-refractivity contribution in [3.05, 3.63) is 59.2 Å². The third-order valence-electron chi connectivity index (χ3n) is 5.30. The zero-order valence-corrected chi connectivity index (χ0v) is 18.8. The van der Waals surface area contributed by atoms with Gasteiger partial charge in [0.25, 0.3) is 5.91 Å². The van der Waals surface area contributed by atoms with Crippen molar-refractivity contribution in [2.75, 3.05) is 25.1 Å². The molecule has 0 saturated heterocycles. The molecule has 0 bridgehead atoms. The zero-order chi connectivity index (χ0) is 23.6. The average Bonchev–Trinajstić information content (AvgIpc) is 2.82. The molecule has 0 saturated carbocycles. The second kappa shape index (κ2) is 11.7. The van der Waals surface area contributed by atoms with Gasteiger partial charge in [0.1, 0.15) is 18.1 Å². The van der Waals surface area contributed by atoms with Gasteiger partial charge in [-0.25, -0.2) is 0 Å². The summed E-state index contributed by atoms with van der Waals surface area (Å²) in [4.78, 5) is 28.8. The number of rotatable bonds is 9. The number of terminal acetylenes is 1. The molecule has 1 amide bonds. The van der Waals surface area contributed by atoms with Crippen molar-refractivity contribution in [1.82, 2.24) is 0 Å². The predicted octanol–water partition coefficient (Wildman–Crippen LogP) is 3.56. The molecule has 0 radical (unpaired) electrons. The molecule has 3 rings (SSSR count). The van der Waals surface area contributed by atoms with Crippen LogP contribution < -0.4 is 15.8 Å². The van der Waals surface area contributed by atoms with Crippen LogP contribution in [0.5, 0.6) is 5.75 Å². The summed E-state index contributed by atoms with van der Waals surface area (Å²) >= 11 is 0. The number of hydrogen-bond acceptors (Lipinski definition) is 5. The highest BCUT2D eigenvalue weighted by Gasteiger charge is 2.23. The number of esters is 1. The molecule has 1 aliphatic heterocycles. The molecule has 1 unspecified atom stereocenters. The Labute approximate surface area is 194 Å². The number of fused-ring (bicyclic) bond motifs is 1. The Kier molecular flexibility index (Phi) is 8.48. The summed E-state index contributed by atoms with van der Waals surface area (Å²) in [7, 11) is 0. The number of benzene rings is 2. The van der Waals surface area contributed by atoms with Crippen LogP contribution in [0.2, 0.25) is 0 Å². The molecule has 0 spiro atoms. The second-order valence-corrected chi connectivity index (χ2v) is 7.92. The van der Waals surface area contributed by atoms with Crippen molar-refractivity contribution in [1.29, 1.82) is 0 Å². The highest BCUT2D eigenvalue weighted by atomic mass is 16.5. The molecule has 172 valence electrons. The van der Waals surface area contributed by atoms with Crippen LogP contribution in [-0.2, 0) is 16.0 Å². The maximum atomic E-state index is 12.7. The van der Waals surface area contributed by atoms with E-state index < -0.39 is 0 Å². The summed E-state index contributed by atoms with van der Waals surface area (Å²) in [5, 5.41) is 2.91. The Morgan fingerprint density at radius 3 is 2.73 bits per heavy atom. The first-order valence-electron chi connectivity index (χ1n) is 11.1. The van der Waals surface area contributed by atoms with Crippen molar-refractivity contribution in [3.8, 4) is 18.1 Å². The average molecular weight is 448 g/mol. The van der Waals surface area contributed by atoms with Gasteiger partial charge in [-0.2, -0.15) is 0 Å². The van der Waals surface area contributed by atoms with Crippen molar-refractivity contribution in [2.45, 2.75) is 32.6 Å². The Morgan fingerprint density at radius 2 is 2.00 bits per heavy atom. The van der Waals surface area contributed by atoms with Crippen LogP contribution in [-0.4, -0.2) is 37.5 Å². The number of amidine groups is 1. The van der Waals surface area contributed by atoms with E-state index in [-0.39, 0.29) is 24.3 Å². The highest BCUT2D eigenvalue weighted by Crippen LogP contribution is 2.31. The summed E-state index contributed by atoms with van der Waals surface area (Å²) in [6.07, 6.45) is 8.05. The monoisotopic (exact) mass is 447 g/mol. The lowest BCUT2D eigenvalue weighted by Gasteiger charge is -2.25. The van der Waals surface area contributed by atoms with E-state index in [1.165, 1.54) is 0 Å². The summed E-state index contributed by atoms with van der Waals surface area (Å²) in [6, 6.07) is 12.4. The molecule has 1 atom stereocenters. The standard InChI is InChI=1S/C26H29N3O4/c1-3-5-13-32-24(30)15-18-14-21-16-22(10-11-23(21)33-17-18)29-26(31)20-8-6-19(7-9-20)25(27)28-12-4-2/h2,6-11,16,18H,3,5,12-15,17H2,1H3,(H2,27,28)(H,29,31). The maximum Gasteiger partial charge on any atom is 0.306 e. The van der Waals surface area contributed by atoms with E-state index in [0.29, 0.717) is 48.7 Å². The van der Waals surface area contributed by atoms with Gasteiger partial charge in [-0.1, -0.05) is 31.4 Å². The largest absolute Gasteiger partial charge is 0.493 e. The molecular weight excluding hydrogens is 418 g/mol. The van der Waals surface area contributed by atoms with E-state index in [4.69, 9.17) is 21.6 Å². The summed E-state index contributed by atoms with van der Waals surface area (Å²) in [6.45, 7) is 3.19. The van der Waals surface area contributed by atoms with E-state index >= 15 is 0 Å². The minimum Gasteiger partial charge on any atom is -0.493 e. The van der Waals surface area contributed by atoms with E-state index in [1.54, 1.807) is 30.3 Å². The van der Waals surface area contributed by atoms with E-state index in [1.807, 2.05) is 12.1 Å². The number of ether oxygens (including phenoxy) is 2. The Bertz CT molecular complexity index is 1050. The molecule has 0 aromatic heterocycles. The minimum absolute atomic E-state index is 0.0479. The Morgan fingerprint density at radius 1 is 1.24 bits per heavy atom. The lowest BCUT2D eigenvalue weighted by molar-refractivity contribution is -0.145. The molecule has 7 heteroatoms. The molecular formula is C26H29N3O4. The first-order chi connectivity index (χ1) is 16.0. The van der Waals surface area contributed by atoms with Gasteiger partial charge in [0.15, 0.2) is 0 Å². The fourth-order valence-corrected chi connectivity index (χ4v) is 3.51. The van der Waals surface area contributed by atoms with Crippen LogP contribution in [0.4, 0.5) is 5.69 Å². The van der Waals surface area contributed by atoms with Crippen molar-refractivity contribution < 1.29 is 19.1 Å². The SMILES string of the molecule is C#CCN=C(N)c1ccc(C(=O)Nc2ccc3c(c2)CC(CC(=O)OCCCC)CO3)cc1. The van der Waals surface area contributed by atoms with E-state index in [0.717, 1.165) is 24.2 Å². The molecule has 1 heterocycles. The molecule has 2 aromatic carbocycles. The molecule has 0 aliphatic carbocycles. The summed E-state index contributed by atoms with van der Waals surface area (Å²) in [5.74, 6) is 3.12. The quantitative estimate of drug-likeness (QED) is 0.201. The van der Waals surface area contributed by atoms with Crippen molar-refractivity contribution in [2.24, 2.45) is 16.6 Å². The molecule has 0 fully saturated rings. The van der Waals surface area contributed by atoms with Crippen LogP contribution in [0.15, 0.2) is 47.5 Å². The topological polar surface area (TPSA) is 103 Å². The Hall–Kier alpha value is -3.79. The zero-order valence-electron chi connectivity index (χ0n) is 18.8. The Balaban J connectivity index is 1.60. The first-order valence-corrected chi connectivity index (χ1v) is 11.1. The van der Waals surface area contributed by atoms with Gasteiger partial charge < -0.3 is 20.5 Å². The third-order valence-corrected chi connectivity index (χ3v) is 5.30. The van der Waals surface area contributed by atoms with Crippen LogP contribution in [0.25, 0.3) is 0 Å². The molecule has 33 heavy (non-hydrogen) atoms. The first kappa shape index (κ1) is 23.9. The lowest BCUT2D eigenvalue weighted by Crippen LogP contribution is -2.24. The number of carbonyl (C=O) groups is 2. The van der Waals surface area contributed by atoms with Gasteiger partial charge in [-0.3, -0.25) is 14.6 Å². The van der Waals surface area contributed by atoms with Gasteiger partial charge in [-0.15, -0.1) is 6.42 Å². The second-order valence-electron chi connectivity index (χ2n) is 7.92. The van der Waals surface area contributed by atoms with Crippen molar-refractivity contribution >= 4 is 23.4 Å². The number of carbonyl (C=O) groups excluding carboxylic acids is 2. The van der Waals surface area contributed by atoms with Crippen LogP contribution in [0, 0.1) is 18.3 Å². The predicted molar refractivity (Wildman–Crippen MR) is 128 cm³/mol. The fourth-order valence-electron chi connectivity index (χ4n) is 3.51. The number of nitrogens with two attached hydrogens (primary N) is 1. The highest BCUT2D eigenvalue weighted by molar-refractivity contribution is 6.05. The van der Waals surface area contributed by atoms with Gasteiger partial charge in [-0.05, 0) is 48.7 Å². The maximum absolute atomic E-state index is 12.7. The molecule has 7 nitrogen and oxygen atoms in total. The number of hydrogen-bond donors (Lipinski definition) is 2. The number of unbranched alkanes of at least 4 members (excludes halogenated alkanes) is 1. The smallest absolute Gasteiger partial charge is 0.306 e. The fraction of sp³-hybridized carbons (Fsp3) is 0.346. The van der Waals surface area contributed by atoms with Gasteiger partial charge in [0.05, 0.1) is 19.6 Å². The lowest BCUT2D eigenvalue weighted by atomic mass is 9.93. The van der Waals surface area contributed by atoms with E-state index in [9.17, 15) is 9.59 Å².